The molecule has 4 nitrogen and oxygen atoms in total. The fourth-order valence-corrected chi connectivity index (χ4v) is 3.53. The highest BCUT2D eigenvalue weighted by Gasteiger charge is 2.25. The molecule has 0 N–H and O–H groups in total. The lowest BCUT2D eigenvalue weighted by molar-refractivity contribution is 0.0860. The second-order valence-corrected chi connectivity index (χ2v) is 6.64. The van der Waals surface area contributed by atoms with Crippen molar-refractivity contribution in [2.45, 2.75) is 5.75 Å². The Bertz CT molecular complexity index is 706. The summed E-state index contributed by atoms with van der Waals surface area (Å²) in [5.41, 5.74) is 1.79. The van der Waals surface area contributed by atoms with E-state index in [9.17, 15) is 4.79 Å². The molecule has 0 fully saturated rings. The van der Waals surface area contributed by atoms with Gasteiger partial charge in [-0.1, -0.05) is 39.8 Å². The van der Waals surface area contributed by atoms with Gasteiger partial charge in [-0.2, -0.15) is 0 Å². The number of nitrogens with zero attached hydrogens (tertiary/aromatic N) is 3. The Hall–Kier alpha value is -1.66. The average molecular weight is 376 g/mol. The van der Waals surface area contributed by atoms with E-state index in [1.54, 1.807) is 22.9 Å². The van der Waals surface area contributed by atoms with Gasteiger partial charge in [-0.3, -0.25) is 19.7 Å². The van der Waals surface area contributed by atoms with E-state index in [2.05, 4.69) is 25.9 Å². The Kier molecular flexibility index (Phi) is 4.90. The first-order valence-electron chi connectivity index (χ1n) is 6.87. The van der Waals surface area contributed by atoms with Gasteiger partial charge in [-0.05, 0) is 29.8 Å². The molecule has 1 amide bonds. The van der Waals surface area contributed by atoms with Gasteiger partial charge in [0.05, 0.1) is 6.54 Å². The summed E-state index contributed by atoms with van der Waals surface area (Å²) in [4.78, 5) is 22.9. The number of pyridine rings is 1. The van der Waals surface area contributed by atoms with Crippen molar-refractivity contribution in [3.8, 4) is 0 Å². The number of aliphatic imine (C=N–C) groups is 1. The number of benzene rings is 1. The van der Waals surface area contributed by atoms with Crippen LogP contribution in [0.3, 0.4) is 0 Å². The number of hydrogen-bond acceptors (Lipinski definition) is 4. The Morgan fingerprint density at radius 1 is 1.32 bits per heavy atom. The molecule has 0 unspecified atom stereocenters. The highest BCUT2D eigenvalue weighted by atomic mass is 79.9. The lowest BCUT2D eigenvalue weighted by Gasteiger charge is -2.18. The third-order valence-corrected chi connectivity index (χ3v) is 4.79. The zero-order valence-electron chi connectivity index (χ0n) is 11.8. The van der Waals surface area contributed by atoms with Gasteiger partial charge in [0.2, 0.25) is 0 Å². The Morgan fingerprint density at radius 2 is 2.23 bits per heavy atom. The minimum atomic E-state index is -0.00348. The van der Waals surface area contributed by atoms with E-state index < -0.39 is 0 Å². The van der Waals surface area contributed by atoms with Crippen molar-refractivity contribution in [1.82, 2.24) is 9.88 Å². The normalized spacial score (nSPS) is 14.0. The fourth-order valence-electron chi connectivity index (χ4n) is 2.15. The van der Waals surface area contributed by atoms with Gasteiger partial charge < -0.3 is 0 Å². The van der Waals surface area contributed by atoms with E-state index >= 15 is 0 Å². The van der Waals surface area contributed by atoms with E-state index in [0.29, 0.717) is 18.7 Å². The maximum absolute atomic E-state index is 12.6. The first-order chi connectivity index (χ1) is 10.7. The summed E-state index contributed by atoms with van der Waals surface area (Å²) in [6, 6.07) is 11.4. The van der Waals surface area contributed by atoms with Crippen LogP contribution in [0.5, 0.6) is 0 Å². The van der Waals surface area contributed by atoms with Crippen molar-refractivity contribution in [2.24, 2.45) is 4.99 Å². The molecule has 1 aliphatic rings. The number of rotatable bonds is 3. The zero-order valence-corrected chi connectivity index (χ0v) is 14.2. The van der Waals surface area contributed by atoms with Gasteiger partial charge in [0.15, 0.2) is 5.17 Å². The molecule has 112 valence electrons. The fraction of sp³-hybridized carbons (Fsp3) is 0.188. The molecule has 3 rings (SSSR count). The van der Waals surface area contributed by atoms with Crippen LogP contribution in [-0.4, -0.2) is 34.0 Å². The number of amides is 1. The number of carbonyl (C=O) groups is 1. The molecular weight excluding hydrogens is 362 g/mol. The van der Waals surface area contributed by atoms with Gasteiger partial charge in [0.1, 0.15) is 0 Å². The minimum absolute atomic E-state index is 0.00348. The Morgan fingerprint density at radius 3 is 3.00 bits per heavy atom. The minimum Gasteiger partial charge on any atom is -0.286 e. The molecule has 2 heterocycles. The molecule has 1 aliphatic heterocycles. The smallest absolute Gasteiger partial charge is 0.259 e. The van der Waals surface area contributed by atoms with E-state index in [4.69, 9.17) is 0 Å². The second-order valence-electron chi connectivity index (χ2n) is 4.78. The predicted octanol–water partition coefficient (Wildman–Crippen LogP) is 3.59. The summed E-state index contributed by atoms with van der Waals surface area (Å²) in [5, 5.41) is 0.786. The van der Waals surface area contributed by atoms with Gasteiger partial charge in [-0.25, -0.2) is 0 Å². The lowest BCUT2D eigenvalue weighted by atomic mass is 10.2. The van der Waals surface area contributed by atoms with Gasteiger partial charge in [-0.15, -0.1) is 0 Å². The van der Waals surface area contributed by atoms with Crippen LogP contribution in [0.25, 0.3) is 0 Å². The van der Waals surface area contributed by atoms with Crippen molar-refractivity contribution >= 4 is 38.8 Å². The molecule has 1 aromatic carbocycles. The number of carbonyl (C=O) groups excluding carboxylic acids is 1. The highest BCUT2D eigenvalue weighted by Crippen LogP contribution is 2.22. The molecule has 6 heteroatoms. The third-order valence-electron chi connectivity index (χ3n) is 3.21. The van der Waals surface area contributed by atoms with E-state index in [1.807, 2.05) is 42.6 Å². The Balaban J connectivity index is 1.69. The summed E-state index contributed by atoms with van der Waals surface area (Å²) in [6.07, 6.45) is 3.59. The van der Waals surface area contributed by atoms with Crippen molar-refractivity contribution in [2.75, 3.05) is 13.1 Å². The molecule has 0 saturated heterocycles. The summed E-state index contributed by atoms with van der Waals surface area (Å²) in [6.45, 7) is 1.30. The van der Waals surface area contributed by atoms with Crippen molar-refractivity contribution in [3.05, 3.63) is 64.4 Å². The molecule has 0 bridgehead atoms. The summed E-state index contributed by atoms with van der Waals surface area (Å²) < 4.78 is 0.902. The zero-order chi connectivity index (χ0) is 15.4. The molecule has 0 spiro atoms. The van der Waals surface area contributed by atoms with Crippen LogP contribution in [0.4, 0.5) is 0 Å². The van der Waals surface area contributed by atoms with Gasteiger partial charge in [0, 0.05) is 34.7 Å². The standard InChI is InChI=1S/C16H14BrN3OS/c17-14-5-1-4-13(9-14)15(21)20-8-7-19-16(20)22-11-12-3-2-6-18-10-12/h1-6,9-10H,7-8,11H2. The molecule has 0 saturated carbocycles. The molecule has 2 aromatic rings. The summed E-state index contributed by atoms with van der Waals surface area (Å²) in [5.74, 6) is 0.755. The molecule has 0 aliphatic carbocycles. The number of thioether (sulfide) groups is 1. The van der Waals surface area contributed by atoms with Crippen LogP contribution in [-0.2, 0) is 5.75 Å². The van der Waals surface area contributed by atoms with Gasteiger partial charge in [0.25, 0.3) is 5.91 Å². The van der Waals surface area contributed by atoms with Crippen LogP contribution >= 0.6 is 27.7 Å². The predicted molar refractivity (Wildman–Crippen MR) is 93.0 cm³/mol. The first kappa shape index (κ1) is 15.2. The maximum atomic E-state index is 12.6. The molecular formula is C16H14BrN3OS. The van der Waals surface area contributed by atoms with Crippen LogP contribution in [0.1, 0.15) is 15.9 Å². The molecule has 1 aromatic heterocycles. The maximum Gasteiger partial charge on any atom is 0.259 e. The summed E-state index contributed by atoms with van der Waals surface area (Å²) in [7, 11) is 0. The molecule has 0 radical (unpaired) electrons. The van der Waals surface area contributed by atoms with Crippen LogP contribution in [0.15, 0.2) is 58.3 Å². The van der Waals surface area contributed by atoms with E-state index in [1.165, 1.54) is 0 Å². The monoisotopic (exact) mass is 375 g/mol. The topological polar surface area (TPSA) is 45.6 Å². The number of aromatic nitrogens is 1. The number of hydrogen-bond donors (Lipinski definition) is 0. The van der Waals surface area contributed by atoms with E-state index in [-0.39, 0.29) is 5.91 Å². The van der Waals surface area contributed by atoms with Crippen LogP contribution in [0, 0.1) is 0 Å². The van der Waals surface area contributed by atoms with Crippen molar-refractivity contribution in [1.29, 1.82) is 0 Å². The van der Waals surface area contributed by atoms with E-state index in [0.717, 1.165) is 21.0 Å². The second kappa shape index (κ2) is 7.07. The van der Waals surface area contributed by atoms with Crippen molar-refractivity contribution < 1.29 is 4.79 Å². The molecule has 22 heavy (non-hydrogen) atoms. The molecule has 0 atom stereocenters. The largest absolute Gasteiger partial charge is 0.286 e. The number of halogens is 1. The average Bonchev–Trinajstić information content (AvgIpc) is 3.01. The SMILES string of the molecule is O=C(c1cccc(Br)c1)N1CCN=C1SCc1cccnc1. The first-order valence-corrected chi connectivity index (χ1v) is 8.65. The van der Waals surface area contributed by atoms with Crippen LogP contribution < -0.4 is 0 Å². The number of amidine groups is 1. The Labute approximate surface area is 141 Å². The van der Waals surface area contributed by atoms with Crippen molar-refractivity contribution in [3.63, 3.8) is 0 Å². The highest BCUT2D eigenvalue weighted by molar-refractivity contribution is 9.10. The lowest BCUT2D eigenvalue weighted by Crippen LogP contribution is -2.32. The third kappa shape index (κ3) is 3.56. The van der Waals surface area contributed by atoms with Gasteiger partial charge >= 0.3 is 0 Å². The van der Waals surface area contributed by atoms with Crippen LogP contribution in [0.2, 0.25) is 0 Å². The quantitative estimate of drug-likeness (QED) is 0.823. The summed E-state index contributed by atoms with van der Waals surface area (Å²) >= 11 is 4.98.